The molecule has 0 unspecified atom stereocenters. The first kappa shape index (κ1) is 21.5. The second-order valence-electron chi connectivity index (χ2n) is 8.24. The molecule has 0 radical (unpaired) electrons. The second-order valence-corrected chi connectivity index (χ2v) is 8.24. The molecule has 0 saturated carbocycles. The molecule has 10 nitrogen and oxygen atoms in total. The number of ether oxygens (including phenoxy) is 2. The smallest absolute Gasteiger partial charge is 0.231 e. The van der Waals surface area contributed by atoms with Crippen LogP contribution in [0.25, 0.3) is 11.2 Å². The average Bonchev–Trinajstić information content (AvgIpc) is 3.45. The predicted octanol–water partition coefficient (Wildman–Crippen LogP) is 4.45. The van der Waals surface area contributed by atoms with Crippen molar-refractivity contribution in [3.63, 3.8) is 0 Å². The van der Waals surface area contributed by atoms with E-state index < -0.39 is 0 Å². The van der Waals surface area contributed by atoms with Crippen LogP contribution in [-0.4, -0.2) is 32.2 Å². The minimum absolute atomic E-state index is 0.115. The fraction of sp³-hybridized carbons (Fsp3) is 0.250. The molecule has 10 heteroatoms. The van der Waals surface area contributed by atoms with Gasteiger partial charge in [0.15, 0.2) is 28.5 Å². The van der Waals surface area contributed by atoms with Gasteiger partial charge in [-0.1, -0.05) is 6.07 Å². The van der Waals surface area contributed by atoms with Crippen molar-refractivity contribution in [3.8, 4) is 11.5 Å². The lowest BCUT2D eigenvalue weighted by Gasteiger charge is -2.13. The zero-order chi connectivity index (χ0) is 23.7. The lowest BCUT2D eigenvalue weighted by atomic mass is 10.2. The number of anilines is 4. The predicted molar refractivity (Wildman–Crippen MR) is 130 cm³/mol. The molecule has 0 atom stereocenters. The Hall–Kier alpha value is -4.34. The van der Waals surface area contributed by atoms with Gasteiger partial charge in [0.2, 0.25) is 18.6 Å². The third kappa shape index (κ3) is 4.42. The summed E-state index contributed by atoms with van der Waals surface area (Å²) in [4.78, 5) is 25.2. The van der Waals surface area contributed by atoms with Crippen LogP contribution in [0.5, 0.6) is 11.5 Å². The van der Waals surface area contributed by atoms with Crippen molar-refractivity contribution >= 4 is 40.2 Å². The van der Waals surface area contributed by atoms with Crippen LogP contribution >= 0.6 is 0 Å². The molecule has 4 aromatic rings. The zero-order valence-electron chi connectivity index (χ0n) is 19.1. The van der Waals surface area contributed by atoms with Crippen LogP contribution in [0.3, 0.4) is 0 Å². The van der Waals surface area contributed by atoms with Crippen molar-refractivity contribution in [1.29, 1.82) is 0 Å². The van der Waals surface area contributed by atoms with E-state index in [0.29, 0.717) is 23.8 Å². The summed E-state index contributed by atoms with van der Waals surface area (Å²) in [6, 6.07) is 13.4. The molecule has 3 N–H and O–H groups in total. The van der Waals surface area contributed by atoms with Crippen LogP contribution < -0.4 is 25.4 Å². The number of fused-ring (bicyclic) bond motifs is 2. The highest BCUT2D eigenvalue weighted by Crippen LogP contribution is 2.33. The maximum Gasteiger partial charge on any atom is 0.231 e. The molecule has 1 aliphatic heterocycles. The van der Waals surface area contributed by atoms with Gasteiger partial charge in [0.25, 0.3) is 0 Å². The number of hydrogen-bond donors (Lipinski definition) is 3. The Bertz CT molecular complexity index is 1350. The molecule has 2 aromatic carbocycles. The molecule has 0 saturated heterocycles. The van der Waals surface area contributed by atoms with Gasteiger partial charge in [-0.3, -0.25) is 4.79 Å². The third-order valence-electron chi connectivity index (χ3n) is 5.33. The maximum absolute atomic E-state index is 11.3. The Labute approximate surface area is 196 Å². The number of amides is 1. The van der Waals surface area contributed by atoms with Gasteiger partial charge in [0.05, 0.1) is 6.33 Å². The first-order valence-electron chi connectivity index (χ1n) is 11.0. The highest BCUT2D eigenvalue weighted by atomic mass is 16.7. The largest absolute Gasteiger partial charge is 0.454 e. The molecule has 34 heavy (non-hydrogen) atoms. The molecule has 5 rings (SSSR count). The van der Waals surface area contributed by atoms with Crippen molar-refractivity contribution in [1.82, 2.24) is 19.5 Å². The third-order valence-corrected chi connectivity index (χ3v) is 5.33. The minimum Gasteiger partial charge on any atom is -0.454 e. The number of imidazole rings is 1. The van der Waals surface area contributed by atoms with Crippen LogP contribution in [-0.2, 0) is 11.3 Å². The van der Waals surface area contributed by atoms with Gasteiger partial charge in [-0.05, 0) is 55.8 Å². The normalized spacial score (nSPS) is 12.2. The van der Waals surface area contributed by atoms with Crippen LogP contribution in [0.15, 0.2) is 48.8 Å². The minimum atomic E-state index is -0.115. The second kappa shape index (κ2) is 8.89. The van der Waals surface area contributed by atoms with Crippen molar-refractivity contribution in [2.75, 3.05) is 22.7 Å². The fourth-order valence-electron chi connectivity index (χ4n) is 3.67. The average molecular weight is 460 g/mol. The maximum atomic E-state index is 11.3. The number of carbonyl (C=O) groups is 1. The van der Waals surface area contributed by atoms with Crippen LogP contribution in [0.4, 0.5) is 23.1 Å². The standard InChI is InChI=1S/C24H25N7O3/c1-14(2)31-12-26-21-22(28-18-7-5-17(6-8-18)27-15(3)32)29-24(30-23(21)31)25-11-16-4-9-19-20(10-16)34-13-33-19/h4-10,12,14H,11,13H2,1-3H3,(H,27,32)(H2,25,28,29,30). The summed E-state index contributed by atoms with van der Waals surface area (Å²) in [7, 11) is 0. The number of benzene rings is 2. The first-order chi connectivity index (χ1) is 16.5. The summed E-state index contributed by atoms with van der Waals surface area (Å²) in [5.74, 6) is 2.43. The molecular formula is C24H25N7O3. The fourth-order valence-corrected chi connectivity index (χ4v) is 3.67. The van der Waals surface area contributed by atoms with E-state index in [2.05, 4.69) is 34.8 Å². The number of carbonyl (C=O) groups excluding carboxylic acids is 1. The number of hydrogen-bond acceptors (Lipinski definition) is 8. The van der Waals surface area contributed by atoms with Crippen LogP contribution in [0, 0.1) is 0 Å². The Balaban J connectivity index is 1.43. The number of nitrogens with zero attached hydrogens (tertiary/aromatic N) is 4. The zero-order valence-corrected chi connectivity index (χ0v) is 19.1. The quantitative estimate of drug-likeness (QED) is 0.371. The van der Waals surface area contributed by atoms with E-state index >= 15 is 0 Å². The van der Waals surface area contributed by atoms with Crippen LogP contribution in [0.2, 0.25) is 0 Å². The highest BCUT2D eigenvalue weighted by molar-refractivity contribution is 5.89. The Morgan fingerprint density at radius 2 is 1.82 bits per heavy atom. The molecule has 1 aliphatic rings. The van der Waals surface area contributed by atoms with Gasteiger partial charge in [0, 0.05) is 30.9 Å². The topological polar surface area (TPSA) is 115 Å². The van der Waals surface area contributed by atoms with Gasteiger partial charge in [-0.15, -0.1) is 0 Å². The summed E-state index contributed by atoms with van der Waals surface area (Å²) in [6.45, 7) is 6.40. The van der Waals surface area contributed by atoms with E-state index in [1.54, 1.807) is 6.33 Å². The van der Waals surface area contributed by atoms with Crippen molar-refractivity contribution < 1.29 is 14.3 Å². The van der Waals surface area contributed by atoms with Gasteiger partial charge in [0.1, 0.15) is 0 Å². The number of nitrogens with one attached hydrogen (secondary N) is 3. The molecule has 1 amide bonds. The Kier molecular flexibility index (Phi) is 5.62. The van der Waals surface area contributed by atoms with E-state index in [1.807, 2.05) is 47.0 Å². The summed E-state index contributed by atoms with van der Waals surface area (Å²) in [5.41, 5.74) is 3.97. The lowest BCUT2D eigenvalue weighted by molar-refractivity contribution is -0.114. The van der Waals surface area contributed by atoms with E-state index in [9.17, 15) is 4.79 Å². The van der Waals surface area contributed by atoms with Gasteiger partial charge in [-0.25, -0.2) is 4.98 Å². The molecule has 174 valence electrons. The highest BCUT2D eigenvalue weighted by Gasteiger charge is 2.16. The van der Waals surface area contributed by atoms with E-state index in [4.69, 9.17) is 19.4 Å². The monoisotopic (exact) mass is 459 g/mol. The molecular weight excluding hydrogens is 434 g/mol. The van der Waals surface area contributed by atoms with Gasteiger partial charge in [-0.2, -0.15) is 9.97 Å². The summed E-state index contributed by atoms with van der Waals surface area (Å²) in [6.07, 6.45) is 1.77. The Morgan fingerprint density at radius 3 is 2.59 bits per heavy atom. The number of aromatic nitrogens is 4. The summed E-state index contributed by atoms with van der Waals surface area (Å²) in [5, 5.41) is 9.41. The van der Waals surface area contributed by atoms with Crippen LogP contribution in [0.1, 0.15) is 32.4 Å². The summed E-state index contributed by atoms with van der Waals surface area (Å²) < 4.78 is 12.9. The summed E-state index contributed by atoms with van der Waals surface area (Å²) >= 11 is 0. The van der Waals surface area contributed by atoms with E-state index in [1.165, 1.54) is 6.92 Å². The Morgan fingerprint density at radius 1 is 1.06 bits per heavy atom. The van der Waals surface area contributed by atoms with E-state index in [-0.39, 0.29) is 18.7 Å². The van der Waals surface area contributed by atoms with Gasteiger partial charge < -0.3 is 30.0 Å². The van der Waals surface area contributed by atoms with Gasteiger partial charge >= 0.3 is 0 Å². The number of rotatable bonds is 7. The van der Waals surface area contributed by atoms with Crippen molar-refractivity contribution in [2.45, 2.75) is 33.4 Å². The molecule has 0 bridgehead atoms. The lowest BCUT2D eigenvalue weighted by Crippen LogP contribution is -2.08. The SMILES string of the molecule is CC(=O)Nc1ccc(Nc2nc(NCc3ccc4c(c3)OCO4)nc3c2ncn3C(C)C)cc1. The van der Waals surface area contributed by atoms with Crippen molar-refractivity contribution in [3.05, 3.63) is 54.4 Å². The van der Waals surface area contributed by atoms with Crippen molar-refractivity contribution in [2.24, 2.45) is 0 Å². The molecule has 3 heterocycles. The molecule has 0 fully saturated rings. The molecule has 0 spiro atoms. The first-order valence-corrected chi connectivity index (χ1v) is 11.0. The van der Waals surface area contributed by atoms with E-state index in [0.717, 1.165) is 34.1 Å². The molecule has 0 aliphatic carbocycles. The molecule has 2 aromatic heterocycles.